The van der Waals surface area contributed by atoms with Gasteiger partial charge in [-0.25, -0.2) is 13.9 Å². The lowest BCUT2D eigenvalue weighted by Gasteiger charge is -2.24. The van der Waals surface area contributed by atoms with Crippen LogP contribution in [0.4, 0.5) is 28.0 Å². The molecule has 2 amide bonds. The van der Waals surface area contributed by atoms with E-state index in [2.05, 4.69) is 10.4 Å². The van der Waals surface area contributed by atoms with Gasteiger partial charge in [0.2, 0.25) is 0 Å². The molecule has 4 rings (SSSR count). The Morgan fingerprint density at radius 3 is 2.39 bits per heavy atom. The largest absolute Gasteiger partial charge is 0.433 e. The molecule has 1 atom stereocenters. The van der Waals surface area contributed by atoms with Gasteiger partial charge in [0.05, 0.1) is 18.4 Å². The molecule has 1 aliphatic rings. The van der Waals surface area contributed by atoms with E-state index in [1.165, 1.54) is 53.4 Å². The first-order valence-corrected chi connectivity index (χ1v) is 9.42. The third-order valence-electron chi connectivity index (χ3n) is 5.21. The fourth-order valence-electron chi connectivity index (χ4n) is 3.58. The number of aromatic nitrogens is 2. The minimum absolute atomic E-state index is 0.0325. The van der Waals surface area contributed by atoms with Gasteiger partial charge in [0.1, 0.15) is 17.1 Å². The zero-order valence-corrected chi connectivity index (χ0v) is 16.1. The molecular weight excluding hydrogens is 416 g/mol. The van der Waals surface area contributed by atoms with Crippen molar-refractivity contribution in [1.82, 2.24) is 14.7 Å². The van der Waals surface area contributed by atoms with Gasteiger partial charge in [-0.15, -0.1) is 0 Å². The van der Waals surface area contributed by atoms with E-state index in [0.717, 1.165) is 16.9 Å². The lowest BCUT2D eigenvalue weighted by molar-refractivity contribution is -0.142. The van der Waals surface area contributed by atoms with Gasteiger partial charge in [-0.05, 0) is 54.4 Å². The summed E-state index contributed by atoms with van der Waals surface area (Å²) in [6.07, 6.45) is -3.18. The molecule has 3 aromatic rings. The van der Waals surface area contributed by atoms with E-state index >= 15 is 0 Å². The zero-order chi connectivity index (χ0) is 22.2. The van der Waals surface area contributed by atoms with E-state index in [0.29, 0.717) is 24.2 Å². The average Bonchev–Trinajstić information content (AvgIpc) is 3.37. The number of aliphatic hydroxyl groups is 1. The predicted molar refractivity (Wildman–Crippen MR) is 104 cm³/mol. The Balaban J connectivity index is 1.43. The Kier molecular flexibility index (Phi) is 5.18. The quantitative estimate of drug-likeness (QED) is 0.609. The summed E-state index contributed by atoms with van der Waals surface area (Å²) in [6.45, 7) is 0.324. The molecule has 2 N–H and O–H groups in total. The average molecular weight is 434 g/mol. The highest BCUT2D eigenvalue weighted by Crippen LogP contribution is 2.33. The van der Waals surface area contributed by atoms with Crippen LogP contribution < -0.4 is 5.32 Å². The molecule has 1 aromatic heterocycles. The molecular formula is C21H18F4N4O2. The van der Waals surface area contributed by atoms with E-state index in [1.54, 1.807) is 0 Å². The summed E-state index contributed by atoms with van der Waals surface area (Å²) < 4.78 is 53.0. The number of β-amino-alcohol motifs (C(OH)–C–C–N with tert-alkyl or cyclic N) is 1. The first kappa shape index (κ1) is 20.9. The third-order valence-corrected chi connectivity index (χ3v) is 5.21. The predicted octanol–water partition coefficient (Wildman–Crippen LogP) is 4.16. The van der Waals surface area contributed by atoms with Gasteiger partial charge in [-0.3, -0.25) is 0 Å². The molecule has 1 fully saturated rings. The molecule has 0 bridgehead atoms. The molecule has 2 aromatic carbocycles. The summed E-state index contributed by atoms with van der Waals surface area (Å²) in [7, 11) is 0. The van der Waals surface area contributed by atoms with Crippen molar-refractivity contribution >= 4 is 11.7 Å². The summed E-state index contributed by atoms with van der Waals surface area (Å²) in [6, 6.07) is 11.7. The molecule has 1 unspecified atom stereocenters. The van der Waals surface area contributed by atoms with Gasteiger partial charge in [0.15, 0.2) is 0 Å². The molecule has 1 aliphatic heterocycles. The summed E-state index contributed by atoms with van der Waals surface area (Å²) >= 11 is 0. The number of hydrogen-bond donors (Lipinski definition) is 2. The van der Waals surface area contributed by atoms with Crippen molar-refractivity contribution in [3.63, 3.8) is 0 Å². The highest BCUT2D eigenvalue weighted by atomic mass is 19.4. The van der Waals surface area contributed by atoms with Crippen molar-refractivity contribution < 1.29 is 27.5 Å². The molecule has 0 radical (unpaired) electrons. The van der Waals surface area contributed by atoms with E-state index < -0.39 is 29.3 Å². The molecule has 0 spiro atoms. The molecule has 31 heavy (non-hydrogen) atoms. The zero-order valence-electron chi connectivity index (χ0n) is 16.1. The maximum atomic E-state index is 13.1. The first-order valence-electron chi connectivity index (χ1n) is 9.42. The van der Waals surface area contributed by atoms with Crippen LogP contribution in [0, 0.1) is 5.82 Å². The summed E-state index contributed by atoms with van der Waals surface area (Å²) in [4.78, 5) is 14.0. The molecule has 1 saturated heterocycles. The Labute approximate surface area is 174 Å². The fourth-order valence-corrected chi connectivity index (χ4v) is 3.58. The molecule has 2 heterocycles. The minimum atomic E-state index is -4.54. The number of amides is 2. The number of nitrogens with zero attached hydrogens (tertiary/aromatic N) is 3. The van der Waals surface area contributed by atoms with Crippen LogP contribution in [0.1, 0.15) is 17.7 Å². The first-order chi connectivity index (χ1) is 14.7. The molecule has 0 aliphatic carbocycles. The van der Waals surface area contributed by atoms with Crippen molar-refractivity contribution in [2.75, 3.05) is 18.4 Å². The standard InChI is InChI=1S/C21H18F4N4O2/c22-15-3-1-14(2-4-15)20(31)10-12-28(13-20)19(30)27-16-5-7-17(8-6-16)29-18(9-11-26-29)21(23,24)25/h1-9,11,31H,10,12-13H2,(H,27,30). The number of urea groups is 1. The van der Waals surface area contributed by atoms with Gasteiger partial charge in [-0.1, -0.05) is 12.1 Å². The monoisotopic (exact) mass is 434 g/mol. The van der Waals surface area contributed by atoms with Crippen LogP contribution in [-0.4, -0.2) is 38.9 Å². The molecule has 162 valence electrons. The smallest absolute Gasteiger partial charge is 0.383 e. The molecule has 0 saturated carbocycles. The van der Waals surface area contributed by atoms with Crippen molar-refractivity contribution in [2.24, 2.45) is 0 Å². The number of nitrogens with one attached hydrogen (secondary N) is 1. The van der Waals surface area contributed by atoms with Crippen LogP contribution in [0.25, 0.3) is 5.69 Å². The van der Waals surface area contributed by atoms with Gasteiger partial charge >= 0.3 is 12.2 Å². The normalized spacial score (nSPS) is 18.9. The van der Waals surface area contributed by atoms with E-state index in [4.69, 9.17) is 0 Å². The van der Waals surface area contributed by atoms with Crippen molar-refractivity contribution in [3.8, 4) is 5.69 Å². The summed E-state index contributed by atoms with van der Waals surface area (Å²) in [5, 5.41) is 17.2. The second-order valence-corrected chi connectivity index (χ2v) is 7.31. The van der Waals surface area contributed by atoms with Crippen LogP contribution in [0.15, 0.2) is 60.8 Å². The van der Waals surface area contributed by atoms with Gasteiger partial charge in [-0.2, -0.15) is 18.3 Å². The highest BCUT2D eigenvalue weighted by Gasteiger charge is 2.39. The Hall–Kier alpha value is -3.40. The number of carbonyl (C=O) groups is 1. The second-order valence-electron chi connectivity index (χ2n) is 7.31. The summed E-state index contributed by atoms with van der Waals surface area (Å²) in [5.41, 5.74) is -1.08. The topological polar surface area (TPSA) is 70.4 Å². The maximum absolute atomic E-state index is 13.1. The second kappa shape index (κ2) is 7.69. The number of rotatable bonds is 3. The van der Waals surface area contributed by atoms with E-state index in [-0.39, 0.29) is 12.2 Å². The lowest BCUT2D eigenvalue weighted by atomic mass is 9.93. The highest BCUT2D eigenvalue weighted by molar-refractivity contribution is 5.89. The van der Waals surface area contributed by atoms with Gasteiger partial charge in [0.25, 0.3) is 0 Å². The Morgan fingerprint density at radius 2 is 1.74 bits per heavy atom. The van der Waals surface area contributed by atoms with Crippen molar-refractivity contribution in [2.45, 2.75) is 18.2 Å². The van der Waals surface area contributed by atoms with Crippen LogP contribution >= 0.6 is 0 Å². The van der Waals surface area contributed by atoms with Crippen LogP contribution in [0.2, 0.25) is 0 Å². The van der Waals surface area contributed by atoms with Crippen molar-refractivity contribution in [3.05, 3.63) is 77.9 Å². The summed E-state index contributed by atoms with van der Waals surface area (Å²) in [5.74, 6) is -0.416. The lowest BCUT2D eigenvalue weighted by Crippen LogP contribution is -2.37. The fraction of sp³-hybridized carbons (Fsp3) is 0.238. The minimum Gasteiger partial charge on any atom is -0.383 e. The van der Waals surface area contributed by atoms with Gasteiger partial charge < -0.3 is 15.3 Å². The van der Waals surface area contributed by atoms with Crippen LogP contribution in [0.3, 0.4) is 0 Å². The number of halogens is 4. The molecule has 6 nitrogen and oxygen atoms in total. The number of alkyl halides is 3. The number of anilines is 1. The maximum Gasteiger partial charge on any atom is 0.433 e. The number of hydrogen-bond acceptors (Lipinski definition) is 3. The van der Waals surface area contributed by atoms with Crippen LogP contribution in [0.5, 0.6) is 0 Å². The third kappa shape index (κ3) is 4.24. The number of benzene rings is 2. The number of likely N-dealkylation sites (tertiary alicyclic amines) is 1. The van der Waals surface area contributed by atoms with Crippen molar-refractivity contribution in [1.29, 1.82) is 0 Å². The van der Waals surface area contributed by atoms with E-state index in [1.807, 2.05) is 0 Å². The SMILES string of the molecule is O=C(Nc1ccc(-n2nccc2C(F)(F)F)cc1)N1CCC(O)(c2ccc(F)cc2)C1. The number of carbonyl (C=O) groups excluding carboxylic acids is 1. The Bertz CT molecular complexity index is 1080. The molecule has 10 heteroatoms. The Morgan fingerprint density at radius 1 is 1.06 bits per heavy atom. The van der Waals surface area contributed by atoms with Crippen LogP contribution in [-0.2, 0) is 11.8 Å². The van der Waals surface area contributed by atoms with Gasteiger partial charge in [0, 0.05) is 12.2 Å². The van der Waals surface area contributed by atoms with E-state index in [9.17, 15) is 27.5 Å².